The number of benzene rings is 1. The largest absolute Gasteiger partial charge is 0.347 e. The summed E-state index contributed by atoms with van der Waals surface area (Å²) >= 11 is 0. The number of fused-ring (bicyclic) bond motifs is 1. The second-order valence-corrected chi connectivity index (χ2v) is 8.16. The predicted octanol–water partition coefficient (Wildman–Crippen LogP) is 6.40. The second-order valence-electron chi connectivity index (χ2n) is 8.16. The lowest BCUT2D eigenvalue weighted by Gasteiger charge is -2.35. The van der Waals surface area contributed by atoms with Gasteiger partial charge in [0, 0.05) is 42.9 Å². The number of aromatic nitrogens is 2. The van der Waals surface area contributed by atoms with E-state index in [1.807, 2.05) is 43.7 Å². The molecule has 1 saturated carbocycles. The molecule has 1 aromatic carbocycles. The number of rotatable bonds is 5. The lowest BCUT2D eigenvalue weighted by atomic mass is 9.81. The van der Waals surface area contributed by atoms with Crippen molar-refractivity contribution in [3.05, 3.63) is 53.6 Å². The van der Waals surface area contributed by atoms with Gasteiger partial charge in [-0.15, -0.1) is 0 Å². The van der Waals surface area contributed by atoms with Crippen molar-refractivity contribution in [2.24, 2.45) is 5.92 Å². The van der Waals surface area contributed by atoms with Crippen LogP contribution < -0.4 is 5.32 Å². The van der Waals surface area contributed by atoms with Crippen LogP contribution in [0.4, 0.5) is 24.7 Å². The smallest absolute Gasteiger partial charge is 0.248 e. The molecule has 28 heavy (non-hydrogen) atoms. The van der Waals surface area contributed by atoms with Crippen molar-refractivity contribution in [2.75, 3.05) is 5.32 Å². The van der Waals surface area contributed by atoms with Crippen molar-refractivity contribution in [1.29, 1.82) is 0 Å². The number of halogens is 3. The summed E-state index contributed by atoms with van der Waals surface area (Å²) in [6, 6.07) is 6.92. The van der Waals surface area contributed by atoms with E-state index in [0.29, 0.717) is 12.4 Å². The molecule has 0 saturated heterocycles. The van der Waals surface area contributed by atoms with Crippen LogP contribution in [0.5, 0.6) is 0 Å². The Hall–Kier alpha value is -2.50. The molecule has 1 N–H and O–H groups in total. The van der Waals surface area contributed by atoms with E-state index in [1.165, 1.54) is 6.07 Å². The van der Waals surface area contributed by atoms with E-state index < -0.39 is 5.92 Å². The first-order valence-electron chi connectivity index (χ1n) is 9.62. The highest BCUT2D eigenvalue weighted by Gasteiger charge is 2.45. The van der Waals surface area contributed by atoms with E-state index in [4.69, 9.17) is 0 Å². The highest BCUT2D eigenvalue weighted by molar-refractivity contribution is 5.92. The molecule has 3 aromatic rings. The van der Waals surface area contributed by atoms with Crippen molar-refractivity contribution in [2.45, 2.75) is 52.0 Å². The second kappa shape index (κ2) is 6.83. The molecular weight excluding hydrogens is 363 g/mol. The Morgan fingerprint density at radius 1 is 1.25 bits per heavy atom. The van der Waals surface area contributed by atoms with Crippen LogP contribution in [0, 0.1) is 18.7 Å². The molecule has 0 aliphatic heterocycles. The van der Waals surface area contributed by atoms with Gasteiger partial charge in [-0.05, 0) is 54.2 Å². The van der Waals surface area contributed by atoms with E-state index in [0.717, 1.165) is 27.7 Å². The number of alkyl halides is 2. The maximum absolute atomic E-state index is 13.9. The number of pyridine rings is 1. The zero-order chi connectivity index (χ0) is 20.1. The van der Waals surface area contributed by atoms with E-state index in [1.54, 1.807) is 12.3 Å². The minimum absolute atomic E-state index is 0.00191. The van der Waals surface area contributed by atoms with Crippen LogP contribution in [-0.2, 0) is 6.54 Å². The van der Waals surface area contributed by atoms with Crippen LogP contribution in [0.25, 0.3) is 10.9 Å². The lowest BCUT2D eigenvalue weighted by molar-refractivity contribution is -0.113. The Morgan fingerprint density at radius 2 is 2.00 bits per heavy atom. The minimum atomic E-state index is -2.50. The van der Waals surface area contributed by atoms with Crippen LogP contribution in [0.15, 0.2) is 36.7 Å². The third kappa shape index (κ3) is 3.48. The van der Waals surface area contributed by atoms with Gasteiger partial charge in [0.1, 0.15) is 11.6 Å². The number of aryl methyl sites for hydroxylation is 1. The number of anilines is 2. The molecule has 3 nitrogen and oxygen atoms in total. The minimum Gasteiger partial charge on any atom is -0.347 e. The maximum atomic E-state index is 13.9. The molecule has 0 atom stereocenters. The zero-order valence-corrected chi connectivity index (χ0v) is 16.3. The molecule has 6 heteroatoms. The molecule has 0 radical (unpaired) electrons. The van der Waals surface area contributed by atoms with Gasteiger partial charge in [0.05, 0.1) is 5.52 Å². The molecule has 1 fully saturated rings. The fourth-order valence-electron chi connectivity index (χ4n) is 4.09. The zero-order valence-electron chi connectivity index (χ0n) is 16.3. The lowest BCUT2D eigenvalue weighted by Crippen LogP contribution is -2.37. The summed E-state index contributed by atoms with van der Waals surface area (Å²) in [4.78, 5) is 4.48. The first-order valence-corrected chi connectivity index (χ1v) is 9.62. The highest BCUT2D eigenvalue weighted by atomic mass is 19.3. The topological polar surface area (TPSA) is 29.9 Å². The number of hydrogen-bond acceptors (Lipinski definition) is 2. The Morgan fingerprint density at radius 3 is 2.68 bits per heavy atom. The van der Waals surface area contributed by atoms with E-state index in [-0.39, 0.29) is 30.5 Å². The van der Waals surface area contributed by atoms with E-state index in [9.17, 15) is 13.2 Å². The van der Waals surface area contributed by atoms with Gasteiger partial charge in [0.25, 0.3) is 0 Å². The first-order chi connectivity index (χ1) is 13.2. The first kappa shape index (κ1) is 18.8. The normalized spacial score (nSPS) is 16.5. The summed E-state index contributed by atoms with van der Waals surface area (Å²) in [6.45, 7) is 6.51. The fraction of sp³-hybridized carbons (Fsp3) is 0.409. The number of nitrogens with one attached hydrogen (secondary N) is 1. The summed E-state index contributed by atoms with van der Waals surface area (Å²) in [7, 11) is 0. The van der Waals surface area contributed by atoms with Gasteiger partial charge in [0.2, 0.25) is 5.92 Å². The van der Waals surface area contributed by atoms with Crippen LogP contribution in [0.1, 0.15) is 43.7 Å². The molecule has 148 valence electrons. The van der Waals surface area contributed by atoms with Crippen molar-refractivity contribution in [1.82, 2.24) is 9.55 Å². The molecule has 1 aliphatic rings. The van der Waals surface area contributed by atoms with Gasteiger partial charge in [-0.1, -0.05) is 13.8 Å². The molecule has 2 heterocycles. The van der Waals surface area contributed by atoms with Crippen molar-refractivity contribution >= 4 is 22.4 Å². The Balaban J connectivity index is 1.66. The molecule has 4 rings (SSSR count). The summed E-state index contributed by atoms with van der Waals surface area (Å²) in [5, 5.41) is 4.31. The molecule has 0 bridgehead atoms. The van der Waals surface area contributed by atoms with Crippen molar-refractivity contribution in [3.63, 3.8) is 0 Å². The number of hydrogen-bond donors (Lipinski definition) is 1. The Bertz CT molecular complexity index is 1020. The monoisotopic (exact) mass is 387 g/mol. The summed E-state index contributed by atoms with van der Waals surface area (Å²) < 4.78 is 42.2. The Kier molecular flexibility index (Phi) is 4.60. The molecule has 1 aliphatic carbocycles. The van der Waals surface area contributed by atoms with Crippen molar-refractivity contribution in [3.8, 4) is 0 Å². The van der Waals surface area contributed by atoms with Gasteiger partial charge >= 0.3 is 0 Å². The molecule has 0 spiro atoms. The fourth-order valence-corrected chi connectivity index (χ4v) is 4.09. The summed E-state index contributed by atoms with van der Waals surface area (Å²) in [6.07, 6.45) is 3.55. The third-order valence-corrected chi connectivity index (χ3v) is 5.52. The van der Waals surface area contributed by atoms with Gasteiger partial charge < -0.3 is 9.88 Å². The average Bonchev–Trinajstić information content (AvgIpc) is 2.99. The standard InChI is InChI=1S/C22H24F3N3/c1-13(2)18-9-16(23)8-14(3)20(18)27-21-17-5-7-28(19(17)4-6-26-21)12-15-10-22(24,25)11-15/h4-9,13,15H,10-12H2,1-3H3,(H,26,27). The van der Waals surface area contributed by atoms with Crippen LogP contribution in [0.2, 0.25) is 0 Å². The number of nitrogens with zero attached hydrogens (tertiary/aromatic N) is 2. The van der Waals surface area contributed by atoms with Crippen LogP contribution in [-0.4, -0.2) is 15.5 Å². The van der Waals surface area contributed by atoms with Gasteiger partial charge in [-0.2, -0.15) is 0 Å². The Labute approximate surface area is 162 Å². The summed E-state index contributed by atoms with van der Waals surface area (Å²) in [5.74, 6) is -1.91. The van der Waals surface area contributed by atoms with Gasteiger partial charge in [0.15, 0.2) is 0 Å². The molecular formula is C22H24F3N3. The SMILES string of the molecule is Cc1cc(F)cc(C(C)C)c1Nc1nccc2c1ccn2CC1CC(F)(F)C1. The third-order valence-electron chi connectivity index (χ3n) is 5.52. The predicted molar refractivity (Wildman–Crippen MR) is 106 cm³/mol. The van der Waals surface area contributed by atoms with Crippen LogP contribution in [0.3, 0.4) is 0 Å². The molecule has 0 unspecified atom stereocenters. The van der Waals surface area contributed by atoms with Gasteiger partial charge in [-0.3, -0.25) is 0 Å². The quantitative estimate of drug-likeness (QED) is 0.549. The molecule has 0 amide bonds. The van der Waals surface area contributed by atoms with Gasteiger partial charge in [-0.25, -0.2) is 18.2 Å². The molecule has 2 aromatic heterocycles. The highest BCUT2D eigenvalue weighted by Crippen LogP contribution is 2.43. The van der Waals surface area contributed by atoms with Crippen LogP contribution >= 0.6 is 0 Å². The van der Waals surface area contributed by atoms with Crippen molar-refractivity contribution < 1.29 is 13.2 Å². The average molecular weight is 387 g/mol. The maximum Gasteiger partial charge on any atom is 0.248 e. The van der Waals surface area contributed by atoms with E-state index in [2.05, 4.69) is 10.3 Å². The summed E-state index contributed by atoms with van der Waals surface area (Å²) in [5.41, 5.74) is 3.53. The van der Waals surface area contributed by atoms with E-state index >= 15 is 0 Å².